The van der Waals surface area contributed by atoms with Crippen molar-refractivity contribution >= 4 is 0 Å². The Morgan fingerprint density at radius 3 is 2.44 bits per heavy atom. The highest BCUT2D eigenvalue weighted by Gasteiger charge is 2.25. The normalized spacial score (nSPS) is 18.9. The first kappa shape index (κ1) is 13.7. The lowest BCUT2D eigenvalue weighted by Crippen LogP contribution is -2.45. The molecule has 0 saturated carbocycles. The van der Waals surface area contributed by atoms with Crippen molar-refractivity contribution in [3.8, 4) is 0 Å². The summed E-state index contributed by atoms with van der Waals surface area (Å²) < 4.78 is 35.4. The lowest BCUT2D eigenvalue weighted by atomic mass is 10.3. The van der Waals surface area contributed by atoms with Crippen LogP contribution in [0.1, 0.15) is 12.8 Å². The average Bonchev–Trinajstić information content (AvgIpc) is 2.23. The fourth-order valence-corrected chi connectivity index (χ4v) is 1.71. The van der Waals surface area contributed by atoms with Crippen LogP contribution in [0.25, 0.3) is 0 Å². The SMILES string of the molecule is FC(F)(F)CCCNCCN1CCNCC1. The molecule has 1 fully saturated rings. The van der Waals surface area contributed by atoms with E-state index in [9.17, 15) is 13.2 Å². The molecule has 0 spiro atoms. The molecule has 0 aliphatic carbocycles. The zero-order chi connectivity index (χ0) is 11.9. The predicted octanol–water partition coefficient (Wildman–Crippen LogP) is 0.824. The van der Waals surface area contributed by atoms with Gasteiger partial charge in [-0.05, 0) is 13.0 Å². The molecule has 96 valence electrons. The summed E-state index contributed by atoms with van der Waals surface area (Å²) in [5, 5.41) is 6.30. The Morgan fingerprint density at radius 1 is 1.12 bits per heavy atom. The highest BCUT2D eigenvalue weighted by Crippen LogP contribution is 2.20. The molecule has 0 aromatic carbocycles. The van der Waals surface area contributed by atoms with Gasteiger partial charge in [-0.1, -0.05) is 0 Å². The Bertz CT molecular complexity index is 179. The summed E-state index contributed by atoms with van der Waals surface area (Å²) in [4.78, 5) is 2.31. The Kier molecular flexibility index (Phi) is 6.08. The molecule has 3 nitrogen and oxygen atoms in total. The number of hydrogen-bond acceptors (Lipinski definition) is 3. The number of nitrogens with one attached hydrogen (secondary N) is 2. The van der Waals surface area contributed by atoms with Crippen molar-refractivity contribution < 1.29 is 13.2 Å². The van der Waals surface area contributed by atoms with Crippen molar-refractivity contribution in [3.63, 3.8) is 0 Å². The van der Waals surface area contributed by atoms with Gasteiger partial charge in [0, 0.05) is 45.7 Å². The summed E-state index contributed by atoms with van der Waals surface area (Å²) in [5.41, 5.74) is 0. The van der Waals surface area contributed by atoms with E-state index in [0.29, 0.717) is 6.54 Å². The van der Waals surface area contributed by atoms with Crippen molar-refractivity contribution in [1.82, 2.24) is 15.5 Å². The minimum absolute atomic E-state index is 0.172. The van der Waals surface area contributed by atoms with Gasteiger partial charge in [0.1, 0.15) is 0 Å². The van der Waals surface area contributed by atoms with Gasteiger partial charge in [0.05, 0.1) is 0 Å². The lowest BCUT2D eigenvalue weighted by Gasteiger charge is -2.27. The molecule has 1 rings (SSSR count). The summed E-state index contributed by atoms with van der Waals surface area (Å²) in [7, 11) is 0. The van der Waals surface area contributed by atoms with Gasteiger partial charge in [-0.3, -0.25) is 4.90 Å². The van der Waals surface area contributed by atoms with Crippen LogP contribution in [0.4, 0.5) is 13.2 Å². The summed E-state index contributed by atoms with van der Waals surface area (Å²) in [6, 6.07) is 0. The van der Waals surface area contributed by atoms with Gasteiger partial charge < -0.3 is 10.6 Å². The molecule has 0 aromatic heterocycles. The van der Waals surface area contributed by atoms with E-state index in [0.717, 1.165) is 39.3 Å². The van der Waals surface area contributed by atoms with Crippen molar-refractivity contribution in [3.05, 3.63) is 0 Å². The lowest BCUT2D eigenvalue weighted by molar-refractivity contribution is -0.135. The molecule has 0 bridgehead atoms. The number of piperazine rings is 1. The van der Waals surface area contributed by atoms with Gasteiger partial charge in [0.25, 0.3) is 0 Å². The van der Waals surface area contributed by atoms with Crippen molar-refractivity contribution in [2.45, 2.75) is 19.0 Å². The third-order valence-corrected chi connectivity index (χ3v) is 2.63. The van der Waals surface area contributed by atoms with Crippen molar-refractivity contribution in [2.75, 3.05) is 45.8 Å². The van der Waals surface area contributed by atoms with Crippen LogP contribution in [-0.4, -0.2) is 56.9 Å². The number of rotatable bonds is 6. The Hall–Kier alpha value is -0.330. The molecule has 2 N–H and O–H groups in total. The van der Waals surface area contributed by atoms with Gasteiger partial charge in [-0.25, -0.2) is 0 Å². The smallest absolute Gasteiger partial charge is 0.315 e. The van der Waals surface area contributed by atoms with Crippen molar-refractivity contribution in [2.24, 2.45) is 0 Å². The molecule has 1 aliphatic rings. The zero-order valence-electron chi connectivity index (χ0n) is 9.45. The van der Waals surface area contributed by atoms with E-state index >= 15 is 0 Å². The van der Waals surface area contributed by atoms with Crippen LogP contribution in [0.15, 0.2) is 0 Å². The van der Waals surface area contributed by atoms with Crippen LogP contribution >= 0.6 is 0 Å². The first-order chi connectivity index (χ1) is 7.58. The van der Waals surface area contributed by atoms with E-state index in [-0.39, 0.29) is 6.42 Å². The highest BCUT2D eigenvalue weighted by molar-refractivity contribution is 4.68. The Balaban J connectivity index is 1.87. The molecule has 0 amide bonds. The van der Waals surface area contributed by atoms with Crippen LogP contribution in [0.2, 0.25) is 0 Å². The number of nitrogens with zero attached hydrogens (tertiary/aromatic N) is 1. The molecular weight excluding hydrogens is 219 g/mol. The van der Waals surface area contributed by atoms with E-state index in [4.69, 9.17) is 0 Å². The molecule has 16 heavy (non-hydrogen) atoms. The topological polar surface area (TPSA) is 27.3 Å². The van der Waals surface area contributed by atoms with Gasteiger partial charge in [0.2, 0.25) is 0 Å². The van der Waals surface area contributed by atoms with E-state index in [1.807, 2.05) is 0 Å². The maximum atomic E-state index is 11.8. The Morgan fingerprint density at radius 2 is 1.81 bits per heavy atom. The molecular formula is C10H20F3N3. The summed E-state index contributed by atoms with van der Waals surface area (Å²) >= 11 is 0. The second-order valence-corrected chi connectivity index (χ2v) is 4.06. The third-order valence-electron chi connectivity index (χ3n) is 2.63. The summed E-state index contributed by atoms with van der Waals surface area (Å²) in [6.45, 7) is 6.23. The second-order valence-electron chi connectivity index (χ2n) is 4.06. The van der Waals surface area contributed by atoms with Crippen LogP contribution in [0, 0.1) is 0 Å². The molecule has 1 heterocycles. The quantitative estimate of drug-likeness (QED) is 0.672. The average molecular weight is 239 g/mol. The summed E-state index contributed by atoms with van der Waals surface area (Å²) in [6.07, 6.45) is -4.53. The molecule has 6 heteroatoms. The minimum Gasteiger partial charge on any atom is -0.315 e. The van der Waals surface area contributed by atoms with E-state index < -0.39 is 12.6 Å². The highest BCUT2D eigenvalue weighted by atomic mass is 19.4. The molecule has 1 aliphatic heterocycles. The number of hydrogen-bond donors (Lipinski definition) is 2. The third kappa shape index (κ3) is 7.03. The maximum absolute atomic E-state index is 11.8. The van der Waals surface area contributed by atoms with E-state index in [1.54, 1.807) is 0 Å². The monoisotopic (exact) mass is 239 g/mol. The van der Waals surface area contributed by atoms with Crippen LogP contribution < -0.4 is 10.6 Å². The summed E-state index contributed by atoms with van der Waals surface area (Å²) in [5.74, 6) is 0. The molecule has 0 unspecified atom stereocenters. The van der Waals surface area contributed by atoms with E-state index in [1.165, 1.54) is 0 Å². The standard InChI is InChI=1S/C10H20F3N3/c11-10(12,13)2-1-3-14-4-7-16-8-5-15-6-9-16/h14-15H,1-9H2. The largest absolute Gasteiger partial charge is 0.389 e. The van der Waals surface area contributed by atoms with Gasteiger partial charge in [-0.2, -0.15) is 13.2 Å². The second kappa shape index (κ2) is 7.09. The molecule has 0 atom stereocenters. The van der Waals surface area contributed by atoms with Crippen molar-refractivity contribution in [1.29, 1.82) is 0 Å². The fourth-order valence-electron chi connectivity index (χ4n) is 1.71. The fraction of sp³-hybridized carbons (Fsp3) is 1.00. The molecule has 0 radical (unpaired) electrons. The maximum Gasteiger partial charge on any atom is 0.389 e. The van der Waals surface area contributed by atoms with Gasteiger partial charge in [0.15, 0.2) is 0 Å². The van der Waals surface area contributed by atoms with Crippen LogP contribution in [0.5, 0.6) is 0 Å². The van der Waals surface area contributed by atoms with Crippen LogP contribution in [0.3, 0.4) is 0 Å². The zero-order valence-corrected chi connectivity index (χ0v) is 9.45. The predicted molar refractivity (Wildman–Crippen MR) is 57.5 cm³/mol. The van der Waals surface area contributed by atoms with Gasteiger partial charge in [-0.15, -0.1) is 0 Å². The number of alkyl halides is 3. The molecule has 1 saturated heterocycles. The van der Waals surface area contributed by atoms with E-state index in [2.05, 4.69) is 15.5 Å². The first-order valence-corrected chi connectivity index (χ1v) is 5.78. The van der Waals surface area contributed by atoms with Gasteiger partial charge >= 0.3 is 6.18 Å². The minimum atomic E-state index is -4.01. The first-order valence-electron chi connectivity index (χ1n) is 5.78. The Labute approximate surface area is 94.4 Å². The molecule has 0 aromatic rings. The van der Waals surface area contributed by atoms with Crippen LogP contribution in [-0.2, 0) is 0 Å². The number of halogens is 3.